The van der Waals surface area contributed by atoms with E-state index in [0.29, 0.717) is 0 Å². The van der Waals surface area contributed by atoms with Gasteiger partial charge in [0, 0.05) is 10.8 Å². The van der Waals surface area contributed by atoms with Crippen molar-refractivity contribution >= 4 is 32.5 Å². The topological polar surface area (TPSA) is 13.1 Å². The molecule has 1 heteroatoms. The van der Waals surface area contributed by atoms with Gasteiger partial charge in [0.2, 0.25) is 0 Å². The van der Waals surface area contributed by atoms with Crippen molar-refractivity contribution in [1.29, 1.82) is 0 Å². The molecule has 1 nitrogen and oxygen atoms in total. The van der Waals surface area contributed by atoms with Crippen LogP contribution in [0.5, 0.6) is 0 Å². The summed E-state index contributed by atoms with van der Waals surface area (Å²) in [7, 11) is 0. The molecule has 0 aliphatic carbocycles. The van der Waals surface area contributed by atoms with Gasteiger partial charge in [-0.05, 0) is 40.8 Å². The predicted molar refractivity (Wildman–Crippen MR) is 76.0 cm³/mol. The van der Waals surface area contributed by atoms with Crippen LogP contribution in [-0.4, -0.2) is 0 Å². The van der Waals surface area contributed by atoms with E-state index in [1.807, 2.05) is 6.07 Å². The van der Waals surface area contributed by atoms with E-state index < -0.39 is 0 Å². The monoisotopic (exact) mass is 232 g/mol. The molecule has 3 aromatic carbocycles. The molecule has 0 bridgehead atoms. The maximum absolute atomic E-state index is 5.64. The molecule has 0 fully saturated rings. The molecule has 1 heterocycles. The average Bonchev–Trinajstić information content (AvgIpc) is 2.88. The van der Waals surface area contributed by atoms with Crippen molar-refractivity contribution in [2.75, 3.05) is 0 Å². The van der Waals surface area contributed by atoms with Crippen molar-refractivity contribution in [2.24, 2.45) is 0 Å². The van der Waals surface area contributed by atoms with Crippen molar-refractivity contribution < 1.29 is 4.42 Å². The highest BCUT2D eigenvalue weighted by molar-refractivity contribution is 6.16. The third-order valence-electron chi connectivity index (χ3n) is 3.66. The molecule has 0 saturated carbocycles. The van der Waals surface area contributed by atoms with Crippen LogP contribution in [0.3, 0.4) is 0 Å². The Morgan fingerprint density at radius 1 is 0.778 bits per heavy atom. The van der Waals surface area contributed by atoms with Gasteiger partial charge in [-0.1, -0.05) is 36.4 Å². The minimum Gasteiger partial charge on any atom is -0.464 e. The molecular weight excluding hydrogens is 220 g/mol. The zero-order valence-corrected chi connectivity index (χ0v) is 10.1. The second kappa shape index (κ2) is 3.36. The van der Waals surface area contributed by atoms with Gasteiger partial charge < -0.3 is 4.42 Å². The second-order valence-corrected chi connectivity index (χ2v) is 4.74. The highest BCUT2D eigenvalue weighted by Gasteiger charge is 2.08. The van der Waals surface area contributed by atoms with Crippen molar-refractivity contribution in [2.45, 2.75) is 6.92 Å². The summed E-state index contributed by atoms with van der Waals surface area (Å²) in [6.45, 7) is 2.16. The molecule has 1 aromatic heterocycles. The summed E-state index contributed by atoms with van der Waals surface area (Å²) in [5.41, 5.74) is 2.28. The number of fused-ring (bicyclic) bond motifs is 5. The van der Waals surface area contributed by atoms with E-state index in [9.17, 15) is 0 Å². The Morgan fingerprint density at radius 3 is 2.44 bits per heavy atom. The van der Waals surface area contributed by atoms with Crippen LogP contribution in [-0.2, 0) is 0 Å². The van der Waals surface area contributed by atoms with E-state index in [2.05, 4.69) is 49.4 Å². The zero-order chi connectivity index (χ0) is 12.1. The maximum Gasteiger partial charge on any atom is 0.141 e. The summed E-state index contributed by atoms with van der Waals surface area (Å²) >= 11 is 0. The van der Waals surface area contributed by atoms with Crippen LogP contribution in [0.1, 0.15) is 5.56 Å². The normalized spacial score (nSPS) is 11.6. The maximum atomic E-state index is 5.64. The summed E-state index contributed by atoms with van der Waals surface area (Å²) in [5, 5.41) is 6.24. The minimum atomic E-state index is 0.987. The number of benzene rings is 3. The summed E-state index contributed by atoms with van der Waals surface area (Å²) < 4.78 is 5.64. The fourth-order valence-electron chi connectivity index (χ4n) is 2.79. The number of furan rings is 1. The molecule has 86 valence electrons. The van der Waals surface area contributed by atoms with E-state index in [-0.39, 0.29) is 0 Å². The van der Waals surface area contributed by atoms with E-state index in [0.717, 1.165) is 11.0 Å². The first-order valence-electron chi connectivity index (χ1n) is 6.13. The van der Waals surface area contributed by atoms with Crippen molar-refractivity contribution in [3.05, 3.63) is 60.4 Å². The highest BCUT2D eigenvalue weighted by Crippen LogP contribution is 2.33. The summed E-state index contributed by atoms with van der Waals surface area (Å²) in [5.74, 6) is 0. The van der Waals surface area contributed by atoms with Crippen LogP contribution in [0.4, 0.5) is 0 Å². The Labute approximate surface area is 105 Å². The predicted octanol–water partition coefficient (Wildman–Crippen LogP) is 5.05. The van der Waals surface area contributed by atoms with Crippen LogP contribution >= 0.6 is 0 Å². The largest absolute Gasteiger partial charge is 0.464 e. The first kappa shape index (κ1) is 9.72. The lowest BCUT2D eigenvalue weighted by Gasteiger charge is -2.07. The van der Waals surface area contributed by atoms with Crippen LogP contribution in [0.25, 0.3) is 32.5 Å². The number of hydrogen-bond acceptors (Lipinski definition) is 1. The van der Waals surface area contributed by atoms with Crippen LogP contribution in [0.15, 0.2) is 59.2 Å². The van der Waals surface area contributed by atoms with Gasteiger partial charge in [-0.3, -0.25) is 0 Å². The van der Waals surface area contributed by atoms with Crippen LogP contribution in [0, 0.1) is 6.92 Å². The zero-order valence-electron chi connectivity index (χ0n) is 10.1. The smallest absolute Gasteiger partial charge is 0.141 e. The van der Waals surface area contributed by atoms with Crippen LogP contribution in [0.2, 0.25) is 0 Å². The third-order valence-corrected chi connectivity index (χ3v) is 3.66. The molecule has 0 atom stereocenters. The lowest BCUT2D eigenvalue weighted by molar-refractivity contribution is 0.619. The summed E-state index contributed by atoms with van der Waals surface area (Å²) in [4.78, 5) is 0. The van der Waals surface area contributed by atoms with Gasteiger partial charge >= 0.3 is 0 Å². The Bertz CT molecular complexity index is 884. The van der Waals surface area contributed by atoms with Gasteiger partial charge in [0.05, 0.1) is 6.26 Å². The van der Waals surface area contributed by atoms with E-state index >= 15 is 0 Å². The van der Waals surface area contributed by atoms with Crippen LogP contribution < -0.4 is 0 Å². The average molecular weight is 232 g/mol. The molecule has 4 rings (SSSR count). The van der Waals surface area contributed by atoms with Crippen molar-refractivity contribution in [1.82, 2.24) is 0 Å². The standard InChI is InChI=1S/C17H12O/c1-11-10-16-15(14-5-3-2-4-13(11)14)7-6-12-8-9-18-17(12)16/h2-10H,1H3. The SMILES string of the molecule is Cc1cc2c(ccc3ccoc32)c2ccccc12. The van der Waals surface area contributed by atoms with Gasteiger partial charge in [0.1, 0.15) is 5.58 Å². The van der Waals surface area contributed by atoms with Gasteiger partial charge in [-0.2, -0.15) is 0 Å². The van der Waals surface area contributed by atoms with Gasteiger partial charge in [-0.25, -0.2) is 0 Å². The van der Waals surface area contributed by atoms with Crippen molar-refractivity contribution in [3.63, 3.8) is 0 Å². The molecule has 18 heavy (non-hydrogen) atoms. The lowest BCUT2D eigenvalue weighted by Crippen LogP contribution is -1.82. The molecule has 4 aromatic rings. The number of hydrogen-bond donors (Lipinski definition) is 0. The Kier molecular flexibility index (Phi) is 1.81. The molecule has 0 amide bonds. The molecule has 0 radical (unpaired) electrons. The van der Waals surface area contributed by atoms with E-state index in [1.54, 1.807) is 6.26 Å². The first-order valence-corrected chi connectivity index (χ1v) is 6.13. The molecule has 0 spiro atoms. The van der Waals surface area contributed by atoms with Gasteiger partial charge in [-0.15, -0.1) is 0 Å². The Balaban J connectivity index is 2.36. The summed E-state index contributed by atoms with van der Waals surface area (Å²) in [6, 6.07) is 17.1. The Morgan fingerprint density at radius 2 is 1.56 bits per heavy atom. The first-order chi connectivity index (χ1) is 8.84. The molecule has 0 aliphatic rings. The van der Waals surface area contributed by atoms with Crippen molar-refractivity contribution in [3.8, 4) is 0 Å². The minimum absolute atomic E-state index is 0.987. The highest BCUT2D eigenvalue weighted by atomic mass is 16.3. The molecular formula is C17H12O. The second-order valence-electron chi connectivity index (χ2n) is 4.74. The molecule has 0 aliphatic heterocycles. The molecule has 0 unspecified atom stereocenters. The van der Waals surface area contributed by atoms with E-state index in [4.69, 9.17) is 4.42 Å². The van der Waals surface area contributed by atoms with E-state index in [1.165, 1.54) is 27.1 Å². The third kappa shape index (κ3) is 1.16. The molecule has 0 saturated heterocycles. The fraction of sp³-hybridized carbons (Fsp3) is 0.0588. The van der Waals surface area contributed by atoms with Gasteiger partial charge in [0.15, 0.2) is 0 Å². The summed E-state index contributed by atoms with van der Waals surface area (Å²) in [6.07, 6.45) is 1.76. The lowest BCUT2D eigenvalue weighted by atomic mass is 9.97. The quantitative estimate of drug-likeness (QED) is 0.387. The number of rotatable bonds is 0. The molecule has 0 N–H and O–H groups in total. The van der Waals surface area contributed by atoms with Gasteiger partial charge in [0.25, 0.3) is 0 Å². The fourth-order valence-corrected chi connectivity index (χ4v) is 2.79. The number of aryl methyl sites for hydroxylation is 1. The Hall–Kier alpha value is -2.28.